The third-order valence-corrected chi connectivity index (χ3v) is 3.09. The first-order chi connectivity index (χ1) is 9.15. The molecule has 19 heavy (non-hydrogen) atoms. The lowest BCUT2D eigenvalue weighted by molar-refractivity contribution is -0.128. The summed E-state index contributed by atoms with van der Waals surface area (Å²) in [5.41, 5.74) is 2.12. The molecule has 1 atom stereocenters. The van der Waals surface area contributed by atoms with E-state index in [1.165, 1.54) is 5.56 Å². The van der Waals surface area contributed by atoms with E-state index in [0.29, 0.717) is 19.1 Å². The summed E-state index contributed by atoms with van der Waals surface area (Å²) >= 11 is 0. The number of ether oxygens (including phenoxy) is 1. The molecule has 2 rings (SSSR count). The number of hydrogen-bond acceptors (Lipinski definition) is 3. The second kappa shape index (κ2) is 6.68. The van der Waals surface area contributed by atoms with Gasteiger partial charge in [0.15, 0.2) is 0 Å². The zero-order valence-corrected chi connectivity index (χ0v) is 11.6. The number of carbonyl (C=O) groups is 1. The maximum Gasteiger partial charge on any atom is 0.254 e. The van der Waals surface area contributed by atoms with Crippen LogP contribution < -0.4 is 10.6 Å². The lowest BCUT2D eigenvalue weighted by Crippen LogP contribution is -2.45. The molecule has 0 saturated carbocycles. The molecule has 1 fully saturated rings. The molecule has 1 amide bonds. The van der Waals surface area contributed by atoms with Crippen molar-refractivity contribution in [1.29, 1.82) is 0 Å². The number of benzene rings is 1. The van der Waals surface area contributed by atoms with Crippen LogP contribution in [-0.4, -0.2) is 31.7 Å². The number of carbonyl (C=O) groups excluding carboxylic acids is 1. The number of rotatable bonds is 4. The Morgan fingerprint density at radius 3 is 2.74 bits per heavy atom. The molecule has 1 aromatic carbocycles. The van der Waals surface area contributed by atoms with Gasteiger partial charge in [-0.15, -0.1) is 0 Å². The molecule has 2 N–H and O–H groups in total. The van der Waals surface area contributed by atoms with E-state index in [9.17, 15) is 4.79 Å². The van der Waals surface area contributed by atoms with Gasteiger partial charge in [-0.1, -0.05) is 26.0 Å². The van der Waals surface area contributed by atoms with Crippen LogP contribution in [0.25, 0.3) is 0 Å². The number of anilines is 1. The minimum absolute atomic E-state index is 0.0798. The molecule has 1 unspecified atom stereocenters. The summed E-state index contributed by atoms with van der Waals surface area (Å²) in [5, 5.41) is 6.03. The van der Waals surface area contributed by atoms with Crippen molar-refractivity contribution in [2.75, 3.05) is 25.0 Å². The number of morpholine rings is 1. The Kier molecular flexibility index (Phi) is 4.93. The van der Waals surface area contributed by atoms with Gasteiger partial charge in [0.05, 0.1) is 6.61 Å². The van der Waals surface area contributed by atoms with E-state index in [2.05, 4.69) is 36.6 Å². The second-order valence-electron chi connectivity index (χ2n) is 5.35. The number of hydrogen-bond donors (Lipinski definition) is 2. The van der Waals surface area contributed by atoms with Crippen LogP contribution in [0.2, 0.25) is 0 Å². The third kappa shape index (κ3) is 4.33. The Bertz CT molecular complexity index is 409. The molecule has 104 valence electrons. The van der Waals surface area contributed by atoms with Gasteiger partial charge in [-0.05, 0) is 30.0 Å². The smallest absolute Gasteiger partial charge is 0.254 e. The van der Waals surface area contributed by atoms with Gasteiger partial charge in [0, 0.05) is 18.8 Å². The van der Waals surface area contributed by atoms with E-state index in [1.807, 2.05) is 12.1 Å². The Hall–Kier alpha value is -1.39. The molecular formula is C15H22N2O2. The quantitative estimate of drug-likeness (QED) is 0.870. The predicted molar refractivity (Wildman–Crippen MR) is 76.2 cm³/mol. The van der Waals surface area contributed by atoms with Gasteiger partial charge in [-0.25, -0.2) is 0 Å². The molecule has 1 aliphatic heterocycles. The zero-order valence-electron chi connectivity index (χ0n) is 11.6. The van der Waals surface area contributed by atoms with Gasteiger partial charge in [-0.2, -0.15) is 0 Å². The molecule has 1 aliphatic rings. The molecule has 1 aromatic rings. The molecule has 1 heterocycles. The van der Waals surface area contributed by atoms with Crippen molar-refractivity contribution in [3.63, 3.8) is 0 Å². The highest BCUT2D eigenvalue weighted by atomic mass is 16.5. The van der Waals surface area contributed by atoms with E-state index >= 15 is 0 Å². The fourth-order valence-corrected chi connectivity index (χ4v) is 2.15. The average molecular weight is 262 g/mol. The molecule has 0 radical (unpaired) electrons. The third-order valence-electron chi connectivity index (χ3n) is 3.09. The van der Waals surface area contributed by atoms with Crippen molar-refractivity contribution in [1.82, 2.24) is 5.32 Å². The van der Waals surface area contributed by atoms with E-state index < -0.39 is 0 Å². The molecule has 0 aliphatic carbocycles. The Balaban J connectivity index is 1.89. The van der Waals surface area contributed by atoms with Crippen LogP contribution in [0.5, 0.6) is 0 Å². The van der Waals surface area contributed by atoms with Crippen molar-refractivity contribution in [2.24, 2.45) is 5.92 Å². The van der Waals surface area contributed by atoms with Crippen LogP contribution in [0.4, 0.5) is 5.69 Å². The summed E-state index contributed by atoms with van der Waals surface area (Å²) in [5.74, 6) is 0.561. The molecule has 1 saturated heterocycles. The van der Waals surface area contributed by atoms with Gasteiger partial charge in [0.25, 0.3) is 5.91 Å². The number of amides is 1. The van der Waals surface area contributed by atoms with Crippen LogP contribution in [0.3, 0.4) is 0 Å². The van der Waals surface area contributed by atoms with Gasteiger partial charge in [0.2, 0.25) is 0 Å². The summed E-state index contributed by atoms with van der Waals surface area (Å²) in [7, 11) is 0. The summed E-state index contributed by atoms with van der Waals surface area (Å²) in [6.07, 6.45) is 0.674. The summed E-state index contributed by atoms with van der Waals surface area (Å²) in [6.45, 7) is 6.38. The second-order valence-corrected chi connectivity index (χ2v) is 5.35. The SMILES string of the molecule is CC(C)Cc1ccc(NC(=O)C2CNCCO2)cc1. The van der Waals surface area contributed by atoms with Gasteiger partial charge in [-0.3, -0.25) is 4.79 Å². The van der Waals surface area contributed by atoms with Crippen LogP contribution in [0.15, 0.2) is 24.3 Å². The van der Waals surface area contributed by atoms with Crippen molar-refractivity contribution in [3.8, 4) is 0 Å². The number of nitrogens with one attached hydrogen (secondary N) is 2. The van der Waals surface area contributed by atoms with E-state index in [0.717, 1.165) is 18.7 Å². The first-order valence-corrected chi connectivity index (χ1v) is 6.87. The van der Waals surface area contributed by atoms with Crippen LogP contribution >= 0.6 is 0 Å². The fraction of sp³-hybridized carbons (Fsp3) is 0.533. The standard InChI is InChI=1S/C15H22N2O2/c1-11(2)9-12-3-5-13(6-4-12)17-15(18)14-10-16-7-8-19-14/h3-6,11,14,16H,7-10H2,1-2H3,(H,17,18). The predicted octanol–water partition coefficient (Wildman–Crippen LogP) is 1.81. The Morgan fingerprint density at radius 2 is 2.16 bits per heavy atom. The first-order valence-electron chi connectivity index (χ1n) is 6.87. The summed E-state index contributed by atoms with van der Waals surface area (Å²) in [6, 6.07) is 8.03. The highest BCUT2D eigenvalue weighted by molar-refractivity contribution is 5.94. The minimum Gasteiger partial charge on any atom is -0.366 e. The average Bonchev–Trinajstić information content (AvgIpc) is 2.41. The molecule has 0 bridgehead atoms. The lowest BCUT2D eigenvalue weighted by Gasteiger charge is -2.22. The van der Waals surface area contributed by atoms with Crippen LogP contribution in [0, 0.1) is 5.92 Å². The molecular weight excluding hydrogens is 240 g/mol. The molecule has 0 aromatic heterocycles. The summed E-state index contributed by atoms with van der Waals surface area (Å²) in [4.78, 5) is 12.0. The largest absolute Gasteiger partial charge is 0.366 e. The van der Waals surface area contributed by atoms with Gasteiger partial charge < -0.3 is 15.4 Å². The summed E-state index contributed by atoms with van der Waals surface area (Å²) < 4.78 is 5.41. The van der Waals surface area contributed by atoms with E-state index in [1.54, 1.807) is 0 Å². The normalized spacial score (nSPS) is 19.4. The maximum absolute atomic E-state index is 12.0. The van der Waals surface area contributed by atoms with Crippen molar-refractivity contribution < 1.29 is 9.53 Å². The molecule has 4 heteroatoms. The molecule has 4 nitrogen and oxygen atoms in total. The highest BCUT2D eigenvalue weighted by Gasteiger charge is 2.21. The Labute approximate surface area is 114 Å². The monoisotopic (exact) mass is 262 g/mol. The van der Waals surface area contributed by atoms with E-state index in [4.69, 9.17) is 4.74 Å². The van der Waals surface area contributed by atoms with Crippen LogP contribution in [-0.2, 0) is 16.0 Å². The van der Waals surface area contributed by atoms with Crippen molar-refractivity contribution in [3.05, 3.63) is 29.8 Å². The minimum atomic E-state index is -0.385. The van der Waals surface area contributed by atoms with Gasteiger partial charge in [0.1, 0.15) is 6.10 Å². The zero-order chi connectivity index (χ0) is 13.7. The lowest BCUT2D eigenvalue weighted by atomic mass is 10.0. The van der Waals surface area contributed by atoms with E-state index in [-0.39, 0.29) is 12.0 Å². The maximum atomic E-state index is 12.0. The van der Waals surface area contributed by atoms with Crippen molar-refractivity contribution >= 4 is 11.6 Å². The van der Waals surface area contributed by atoms with Gasteiger partial charge >= 0.3 is 0 Å². The topological polar surface area (TPSA) is 50.4 Å². The fourth-order valence-electron chi connectivity index (χ4n) is 2.15. The Morgan fingerprint density at radius 1 is 1.42 bits per heavy atom. The van der Waals surface area contributed by atoms with Crippen molar-refractivity contribution in [2.45, 2.75) is 26.4 Å². The first kappa shape index (κ1) is 14.0. The molecule has 0 spiro atoms. The van der Waals surface area contributed by atoms with Crippen LogP contribution in [0.1, 0.15) is 19.4 Å². The highest BCUT2D eigenvalue weighted by Crippen LogP contribution is 2.13.